The molecule has 5 nitrogen and oxygen atoms in total. The van der Waals surface area contributed by atoms with E-state index in [0.717, 1.165) is 16.8 Å². The number of nitrogens with two attached hydrogens (primary N) is 1. The fourth-order valence-corrected chi connectivity index (χ4v) is 1.93. The van der Waals surface area contributed by atoms with Crippen molar-refractivity contribution in [2.45, 2.75) is 0 Å². The molecule has 0 spiro atoms. The molecule has 0 aliphatic carbocycles. The Morgan fingerprint density at radius 2 is 2.17 bits per heavy atom. The minimum Gasteiger partial charge on any atom is -0.375 e. The lowest BCUT2D eigenvalue weighted by Gasteiger charge is -1.96. The highest BCUT2D eigenvalue weighted by Crippen LogP contribution is 2.22. The summed E-state index contributed by atoms with van der Waals surface area (Å²) in [5.74, 6) is 5.67. The predicted octanol–water partition coefficient (Wildman–Crippen LogP) is 3.05. The van der Waals surface area contributed by atoms with Gasteiger partial charge in [-0.15, -0.1) is 11.3 Å². The van der Waals surface area contributed by atoms with Crippen LogP contribution in [0, 0.1) is 11.8 Å². The monoisotopic (exact) mass is 255 g/mol. The van der Waals surface area contributed by atoms with Crippen LogP contribution in [0.3, 0.4) is 0 Å². The molecule has 2 rings (SSSR count). The topological polar surface area (TPSA) is 87.7 Å². The molecule has 0 radical (unpaired) electrons. The van der Waals surface area contributed by atoms with Crippen LogP contribution >= 0.6 is 11.3 Å². The van der Waals surface area contributed by atoms with Gasteiger partial charge in [0.15, 0.2) is 5.13 Å². The van der Waals surface area contributed by atoms with Crippen molar-refractivity contribution in [1.82, 2.24) is 4.98 Å². The number of benzene rings is 1. The molecule has 1 aromatic heterocycles. The molecule has 0 unspecified atom stereocenters. The molecule has 0 aliphatic rings. The van der Waals surface area contributed by atoms with Gasteiger partial charge in [0.2, 0.25) is 0 Å². The molecule has 0 amide bonds. The van der Waals surface area contributed by atoms with E-state index in [1.807, 2.05) is 29.6 Å². The molecular weight excluding hydrogens is 246 g/mol. The summed E-state index contributed by atoms with van der Waals surface area (Å²) in [6.07, 6.45) is 0. The molecule has 0 bridgehead atoms. The standard InChI is InChI=1S/C12H9N5S/c13-12-16-11(8-18-12)10-5-3-9(4-6-10)2-1-7-15-17-14/h3-6,8H,7H2,(H2,13,16). The maximum Gasteiger partial charge on any atom is 0.180 e. The summed E-state index contributed by atoms with van der Waals surface area (Å²) in [6.45, 7) is 0.181. The highest BCUT2D eigenvalue weighted by atomic mass is 32.1. The third kappa shape index (κ3) is 3.01. The van der Waals surface area contributed by atoms with Crippen LogP contribution in [0.25, 0.3) is 21.7 Å². The number of anilines is 1. The van der Waals surface area contributed by atoms with Crippen molar-refractivity contribution in [3.05, 3.63) is 45.7 Å². The number of aromatic nitrogens is 1. The van der Waals surface area contributed by atoms with Gasteiger partial charge in [0.25, 0.3) is 0 Å². The zero-order chi connectivity index (χ0) is 12.8. The fraction of sp³-hybridized carbons (Fsp3) is 0.0833. The van der Waals surface area contributed by atoms with Crippen LogP contribution in [0.4, 0.5) is 5.13 Å². The van der Waals surface area contributed by atoms with Crippen molar-refractivity contribution in [3.8, 4) is 23.1 Å². The Labute approximate surface area is 108 Å². The lowest BCUT2D eigenvalue weighted by molar-refractivity contribution is 1.25. The summed E-state index contributed by atoms with van der Waals surface area (Å²) in [5.41, 5.74) is 16.4. The lowest BCUT2D eigenvalue weighted by Crippen LogP contribution is -1.83. The molecule has 0 saturated heterocycles. The van der Waals surface area contributed by atoms with Crippen LogP contribution in [0.1, 0.15) is 5.56 Å². The summed E-state index contributed by atoms with van der Waals surface area (Å²) in [6, 6.07) is 7.67. The van der Waals surface area contributed by atoms with Crippen LogP contribution < -0.4 is 5.73 Å². The lowest BCUT2D eigenvalue weighted by atomic mass is 10.1. The number of nitrogen functional groups attached to an aromatic ring is 1. The Bertz CT molecular complexity index is 641. The van der Waals surface area contributed by atoms with E-state index in [1.54, 1.807) is 0 Å². The van der Waals surface area contributed by atoms with Crippen LogP contribution in [0.5, 0.6) is 0 Å². The summed E-state index contributed by atoms with van der Waals surface area (Å²) in [7, 11) is 0. The van der Waals surface area contributed by atoms with E-state index in [9.17, 15) is 0 Å². The fourth-order valence-electron chi connectivity index (χ4n) is 1.35. The highest BCUT2D eigenvalue weighted by molar-refractivity contribution is 7.13. The minimum absolute atomic E-state index is 0.181. The molecule has 0 atom stereocenters. The number of azide groups is 1. The van der Waals surface area contributed by atoms with Gasteiger partial charge in [0, 0.05) is 21.4 Å². The van der Waals surface area contributed by atoms with Crippen molar-refractivity contribution < 1.29 is 0 Å². The van der Waals surface area contributed by atoms with E-state index >= 15 is 0 Å². The van der Waals surface area contributed by atoms with Crippen LogP contribution in [0.15, 0.2) is 34.8 Å². The molecule has 0 aliphatic heterocycles. The van der Waals surface area contributed by atoms with Crippen LogP contribution in [-0.4, -0.2) is 11.5 Å². The molecule has 2 N–H and O–H groups in total. The van der Waals surface area contributed by atoms with Gasteiger partial charge in [-0.05, 0) is 17.7 Å². The smallest absolute Gasteiger partial charge is 0.180 e. The second-order valence-corrected chi connectivity index (χ2v) is 4.23. The van der Waals surface area contributed by atoms with Gasteiger partial charge >= 0.3 is 0 Å². The van der Waals surface area contributed by atoms with Gasteiger partial charge in [0.1, 0.15) is 0 Å². The molecule has 2 aromatic rings. The first-order chi connectivity index (χ1) is 8.79. The van der Waals surface area contributed by atoms with Gasteiger partial charge < -0.3 is 5.73 Å². The summed E-state index contributed by atoms with van der Waals surface area (Å²) in [5, 5.41) is 5.81. The molecule has 0 fully saturated rings. The van der Waals surface area contributed by atoms with Gasteiger partial charge in [-0.3, -0.25) is 0 Å². The predicted molar refractivity (Wildman–Crippen MR) is 72.9 cm³/mol. The van der Waals surface area contributed by atoms with Crippen LogP contribution in [-0.2, 0) is 0 Å². The number of hydrogen-bond donors (Lipinski definition) is 1. The second kappa shape index (κ2) is 5.73. The van der Waals surface area contributed by atoms with Gasteiger partial charge in [-0.1, -0.05) is 29.1 Å². The average Bonchev–Trinajstić information content (AvgIpc) is 2.82. The van der Waals surface area contributed by atoms with E-state index in [4.69, 9.17) is 11.3 Å². The van der Waals surface area contributed by atoms with Crippen molar-refractivity contribution >= 4 is 16.5 Å². The first-order valence-electron chi connectivity index (χ1n) is 5.11. The molecule has 6 heteroatoms. The number of nitrogens with zero attached hydrogens (tertiary/aromatic N) is 4. The molecule has 1 heterocycles. The third-order valence-corrected chi connectivity index (χ3v) is 2.82. The first-order valence-corrected chi connectivity index (χ1v) is 5.99. The van der Waals surface area contributed by atoms with Gasteiger partial charge in [-0.2, -0.15) is 0 Å². The zero-order valence-corrected chi connectivity index (χ0v) is 10.2. The Morgan fingerprint density at radius 1 is 1.39 bits per heavy atom. The normalized spacial score (nSPS) is 9.11. The van der Waals surface area contributed by atoms with Crippen molar-refractivity contribution in [2.24, 2.45) is 5.11 Å². The number of rotatable bonds is 2. The zero-order valence-electron chi connectivity index (χ0n) is 9.37. The van der Waals surface area contributed by atoms with Crippen LogP contribution in [0.2, 0.25) is 0 Å². The Balaban J connectivity index is 2.14. The maximum atomic E-state index is 8.10. The minimum atomic E-state index is 0.181. The molecule has 88 valence electrons. The first kappa shape index (κ1) is 12.0. The number of thiazole rings is 1. The van der Waals surface area contributed by atoms with Crippen molar-refractivity contribution in [1.29, 1.82) is 0 Å². The van der Waals surface area contributed by atoms with Gasteiger partial charge in [-0.25, -0.2) is 4.98 Å². The SMILES string of the molecule is [N-]=[N+]=NCC#Cc1ccc(-c2csc(N)n2)cc1. The average molecular weight is 255 g/mol. The van der Waals surface area contributed by atoms with Crippen molar-refractivity contribution in [3.63, 3.8) is 0 Å². The summed E-state index contributed by atoms with van der Waals surface area (Å²) >= 11 is 1.41. The summed E-state index contributed by atoms with van der Waals surface area (Å²) < 4.78 is 0. The van der Waals surface area contributed by atoms with E-state index in [2.05, 4.69) is 26.9 Å². The van der Waals surface area contributed by atoms with Crippen molar-refractivity contribution in [2.75, 3.05) is 12.3 Å². The molecule has 1 aromatic carbocycles. The largest absolute Gasteiger partial charge is 0.375 e. The highest BCUT2D eigenvalue weighted by Gasteiger charge is 2.01. The second-order valence-electron chi connectivity index (χ2n) is 3.34. The van der Waals surface area contributed by atoms with Gasteiger partial charge in [0.05, 0.1) is 12.2 Å². The quantitative estimate of drug-likeness (QED) is 0.387. The van der Waals surface area contributed by atoms with E-state index in [1.165, 1.54) is 11.3 Å². The molecular formula is C12H9N5S. The maximum absolute atomic E-state index is 8.10. The van der Waals surface area contributed by atoms with E-state index in [-0.39, 0.29) is 6.54 Å². The van der Waals surface area contributed by atoms with E-state index in [0.29, 0.717) is 5.13 Å². The number of hydrogen-bond acceptors (Lipinski definition) is 4. The Kier molecular flexibility index (Phi) is 3.82. The Morgan fingerprint density at radius 3 is 2.78 bits per heavy atom. The third-order valence-electron chi connectivity index (χ3n) is 2.15. The summed E-state index contributed by atoms with van der Waals surface area (Å²) in [4.78, 5) is 6.83. The van der Waals surface area contributed by atoms with E-state index < -0.39 is 0 Å². The molecule has 0 saturated carbocycles. The molecule has 18 heavy (non-hydrogen) atoms. The Hall–Kier alpha value is -2.48.